The van der Waals surface area contributed by atoms with E-state index in [0.717, 1.165) is 39.7 Å². The van der Waals surface area contributed by atoms with Crippen LogP contribution in [0.25, 0.3) is 22.3 Å². The third-order valence-corrected chi connectivity index (χ3v) is 5.88. The lowest BCUT2D eigenvalue weighted by Gasteiger charge is -2.36. The van der Waals surface area contributed by atoms with Gasteiger partial charge in [0.1, 0.15) is 18.5 Å². The van der Waals surface area contributed by atoms with Gasteiger partial charge in [0.15, 0.2) is 0 Å². The first kappa shape index (κ1) is 25.7. The first-order valence-electron chi connectivity index (χ1n) is 11.4. The average molecular weight is 464 g/mol. The minimum atomic E-state index is -1.03. The van der Waals surface area contributed by atoms with Gasteiger partial charge >= 0.3 is 0 Å². The van der Waals surface area contributed by atoms with Crippen molar-refractivity contribution in [2.45, 2.75) is 37.8 Å². The van der Waals surface area contributed by atoms with Crippen molar-refractivity contribution in [1.82, 2.24) is 5.32 Å². The molecule has 1 aliphatic heterocycles. The van der Waals surface area contributed by atoms with Crippen LogP contribution < -0.4 is 5.32 Å². The molecule has 3 aromatic carbocycles. The first-order valence-corrected chi connectivity index (χ1v) is 11.4. The van der Waals surface area contributed by atoms with Crippen LogP contribution in [0.1, 0.15) is 34.0 Å². The van der Waals surface area contributed by atoms with Gasteiger partial charge in [-0.1, -0.05) is 60.7 Å². The molecule has 0 aromatic heterocycles. The quantitative estimate of drug-likeness (QED) is 0.432. The van der Waals surface area contributed by atoms with Crippen LogP contribution >= 0.6 is 0 Å². The summed E-state index contributed by atoms with van der Waals surface area (Å²) in [6, 6.07) is 21.4. The molecule has 1 aliphatic rings. The molecular weight excluding hydrogens is 430 g/mol. The summed E-state index contributed by atoms with van der Waals surface area (Å²) in [5.41, 5.74) is 6.66. The zero-order chi connectivity index (χ0) is 24.7. The van der Waals surface area contributed by atoms with Crippen LogP contribution in [0.2, 0.25) is 0 Å². The molecule has 3 aromatic rings. The first-order chi connectivity index (χ1) is 16.4. The molecule has 0 radical (unpaired) electrons. The number of carbonyl (C=O) groups is 1. The summed E-state index contributed by atoms with van der Waals surface area (Å²) in [5.74, 6) is 0. The molecule has 1 heterocycles. The lowest BCUT2D eigenvalue weighted by Crippen LogP contribution is -2.44. The van der Waals surface area contributed by atoms with Crippen molar-refractivity contribution < 1.29 is 24.9 Å². The van der Waals surface area contributed by atoms with E-state index in [1.165, 1.54) is 0 Å². The van der Waals surface area contributed by atoms with Crippen LogP contribution in [0.5, 0.6) is 0 Å². The summed E-state index contributed by atoms with van der Waals surface area (Å²) in [7, 11) is 3.75. The normalized spacial score (nSPS) is 21.9. The number of hydrogen-bond acceptors (Lipinski definition) is 6. The fraction of sp³-hybridized carbons (Fsp3) is 0.321. The fourth-order valence-corrected chi connectivity index (χ4v) is 4.16. The number of carbonyl (C=O) groups excluding carboxylic acids is 1. The van der Waals surface area contributed by atoms with E-state index in [2.05, 4.69) is 17.4 Å². The summed E-state index contributed by atoms with van der Waals surface area (Å²) in [4.78, 5) is 11.1. The van der Waals surface area contributed by atoms with E-state index < -0.39 is 24.4 Å². The van der Waals surface area contributed by atoms with Crippen molar-refractivity contribution in [3.8, 4) is 22.3 Å². The van der Waals surface area contributed by atoms with E-state index in [1.54, 1.807) is 6.07 Å². The van der Waals surface area contributed by atoms with Crippen molar-refractivity contribution in [2.24, 2.45) is 0 Å². The molecule has 34 heavy (non-hydrogen) atoms. The van der Waals surface area contributed by atoms with Crippen LogP contribution in [0, 0.1) is 6.92 Å². The smallest absolute Gasteiger partial charge is 0.150 e. The molecule has 0 saturated carbocycles. The van der Waals surface area contributed by atoms with Gasteiger partial charge in [-0.3, -0.25) is 4.79 Å². The molecule has 4 N–H and O–H groups in total. The zero-order valence-electron chi connectivity index (χ0n) is 19.8. The van der Waals surface area contributed by atoms with Gasteiger partial charge in [0.25, 0.3) is 0 Å². The van der Waals surface area contributed by atoms with E-state index in [0.29, 0.717) is 5.56 Å². The number of aliphatic hydroxyl groups excluding tert-OH is 3. The molecule has 4 atom stereocenters. The van der Waals surface area contributed by atoms with Gasteiger partial charge in [0, 0.05) is 12.0 Å². The molecule has 6 heteroatoms. The monoisotopic (exact) mass is 463 g/mol. The number of aryl methyl sites for hydroxylation is 1. The number of nitrogens with one attached hydrogen (secondary N) is 1. The standard InChI is InChI=1S/C26H26O5.C2H7N/c1-16-11-21(20-4-2-3-17(12-20)14-27)9-10-23(16)18-5-7-19(8-6-18)26-25(30)24(29)13-22(15-28)31-26;1-3-2/h2-12,14,22,24-26,28-30H,13,15H2,1H3;3H,1-2H3/t22?,24?,25?,26-;/m1./s1. The second-order valence-corrected chi connectivity index (χ2v) is 8.55. The highest BCUT2D eigenvalue weighted by molar-refractivity contribution is 5.80. The SMILES string of the molecule is CNC.Cc1cc(-c2cccc(C=O)c2)ccc1-c1ccc([C@H]2OC(CO)CC(O)C2O)cc1. The molecular formula is C28H33NO5. The largest absolute Gasteiger partial charge is 0.394 e. The molecule has 180 valence electrons. The highest BCUT2D eigenvalue weighted by Crippen LogP contribution is 2.34. The van der Waals surface area contributed by atoms with Crippen molar-refractivity contribution in [3.63, 3.8) is 0 Å². The fourth-order valence-electron chi connectivity index (χ4n) is 4.16. The molecule has 1 saturated heterocycles. The maximum Gasteiger partial charge on any atom is 0.150 e. The van der Waals surface area contributed by atoms with Crippen LogP contribution in [-0.4, -0.2) is 60.6 Å². The maximum absolute atomic E-state index is 11.1. The van der Waals surface area contributed by atoms with Gasteiger partial charge in [-0.25, -0.2) is 0 Å². The number of benzene rings is 3. The third-order valence-electron chi connectivity index (χ3n) is 5.88. The molecule has 6 nitrogen and oxygen atoms in total. The average Bonchev–Trinajstić information content (AvgIpc) is 2.86. The van der Waals surface area contributed by atoms with Gasteiger partial charge < -0.3 is 25.4 Å². The Balaban J connectivity index is 0.00000103. The summed E-state index contributed by atoms with van der Waals surface area (Å²) in [6.45, 7) is 1.85. The molecule has 0 bridgehead atoms. The van der Waals surface area contributed by atoms with Gasteiger partial charge in [-0.2, -0.15) is 0 Å². The molecule has 0 spiro atoms. The number of hydrogen-bond donors (Lipinski definition) is 4. The molecule has 0 amide bonds. The Morgan fingerprint density at radius 1 is 0.971 bits per heavy atom. The van der Waals surface area contributed by atoms with Gasteiger partial charge in [0.2, 0.25) is 0 Å². The van der Waals surface area contributed by atoms with E-state index in [4.69, 9.17) is 4.74 Å². The number of rotatable bonds is 5. The van der Waals surface area contributed by atoms with E-state index in [-0.39, 0.29) is 13.0 Å². The molecule has 4 rings (SSSR count). The number of aldehydes is 1. The molecule has 0 aliphatic carbocycles. The summed E-state index contributed by atoms with van der Waals surface area (Å²) >= 11 is 0. The lowest BCUT2D eigenvalue weighted by atomic mass is 9.91. The number of ether oxygens (including phenoxy) is 1. The highest BCUT2D eigenvalue weighted by Gasteiger charge is 2.37. The summed E-state index contributed by atoms with van der Waals surface area (Å²) in [6.07, 6.45) is -2.06. The van der Waals surface area contributed by atoms with Crippen molar-refractivity contribution in [1.29, 1.82) is 0 Å². The van der Waals surface area contributed by atoms with Gasteiger partial charge in [-0.05, 0) is 60.5 Å². The van der Waals surface area contributed by atoms with Gasteiger partial charge in [-0.15, -0.1) is 0 Å². The predicted octanol–water partition coefficient (Wildman–Crippen LogP) is 3.52. The Hall–Kier alpha value is -2.87. The van der Waals surface area contributed by atoms with Crippen LogP contribution in [0.4, 0.5) is 0 Å². The number of aliphatic hydroxyl groups is 3. The van der Waals surface area contributed by atoms with E-state index in [9.17, 15) is 20.1 Å². The Labute approximate surface area is 200 Å². The minimum Gasteiger partial charge on any atom is -0.394 e. The Kier molecular flexibility index (Phi) is 9.10. The van der Waals surface area contributed by atoms with E-state index in [1.807, 2.05) is 69.6 Å². The van der Waals surface area contributed by atoms with Crippen LogP contribution in [0.3, 0.4) is 0 Å². The van der Waals surface area contributed by atoms with Crippen LogP contribution in [0.15, 0.2) is 66.7 Å². The molecule has 1 fully saturated rings. The van der Waals surface area contributed by atoms with Crippen molar-refractivity contribution in [2.75, 3.05) is 20.7 Å². The lowest BCUT2D eigenvalue weighted by molar-refractivity contribution is -0.179. The van der Waals surface area contributed by atoms with Crippen molar-refractivity contribution >= 4 is 6.29 Å². The Bertz CT molecular complexity index is 1080. The van der Waals surface area contributed by atoms with Crippen molar-refractivity contribution in [3.05, 3.63) is 83.4 Å². The summed E-state index contributed by atoms with van der Waals surface area (Å²) < 4.78 is 5.77. The topological polar surface area (TPSA) is 99.0 Å². The molecule has 3 unspecified atom stereocenters. The predicted molar refractivity (Wildman–Crippen MR) is 134 cm³/mol. The minimum absolute atomic E-state index is 0.195. The second kappa shape index (κ2) is 12.0. The van der Waals surface area contributed by atoms with Crippen LogP contribution in [-0.2, 0) is 4.74 Å². The maximum atomic E-state index is 11.1. The Morgan fingerprint density at radius 3 is 2.24 bits per heavy atom. The highest BCUT2D eigenvalue weighted by atomic mass is 16.5. The second-order valence-electron chi connectivity index (χ2n) is 8.55. The summed E-state index contributed by atoms with van der Waals surface area (Å²) in [5, 5.41) is 32.5. The zero-order valence-corrected chi connectivity index (χ0v) is 19.8. The third kappa shape index (κ3) is 5.97. The van der Waals surface area contributed by atoms with Gasteiger partial charge in [0.05, 0.1) is 18.8 Å². The Morgan fingerprint density at radius 2 is 1.62 bits per heavy atom. The van der Waals surface area contributed by atoms with E-state index >= 15 is 0 Å².